The van der Waals surface area contributed by atoms with Crippen molar-refractivity contribution >= 4 is 12.1 Å². The number of hydrogen-bond donors (Lipinski definition) is 1. The summed E-state index contributed by atoms with van der Waals surface area (Å²) in [5.74, 6) is -0.154. The largest absolute Gasteiger partial charge is 0.460 e. The fourth-order valence-corrected chi connectivity index (χ4v) is 4.20. The first-order valence-electron chi connectivity index (χ1n) is 9.70. The molecule has 1 saturated carbocycles. The first-order valence-corrected chi connectivity index (χ1v) is 9.70. The van der Waals surface area contributed by atoms with Gasteiger partial charge in [0.15, 0.2) is 0 Å². The summed E-state index contributed by atoms with van der Waals surface area (Å²) < 4.78 is 10.8. The van der Waals surface area contributed by atoms with Crippen LogP contribution < -0.4 is 5.32 Å². The van der Waals surface area contributed by atoms with Gasteiger partial charge in [0.1, 0.15) is 11.2 Å². The quantitative estimate of drug-likeness (QED) is 0.690. The third-order valence-electron chi connectivity index (χ3n) is 4.52. The van der Waals surface area contributed by atoms with E-state index in [2.05, 4.69) is 26.1 Å². The van der Waals surface area contributed by atoms with Gasteiger partial charge < -0.3 is 14.8 Å². The maximum Gasteiger partial charge on any atom is 0.407 e. The van der Waals surface area contributed by atoms with Gasteiger partial charge in [-0.05, 0) is 78.1 Å². The van der Waals surface area contributed by atoms with Crippen molar-refractivity contribution in [3.05, 3.63) is 0 Å². The summed E-state index contributed by atoms with van der Waals surface area (Å²) in [6, 6.07) is 0.0530. The third-order valence-corrected chi connectivity index (χ3v) is 4.52. The summed E-state index contributed by atoms with van der Waals surface area (Å²) in [5, 5.41) is 3.03. The molecule has 26 heavy (non-hydrogen) atoms. The number of nitrogens with one attached hydrogen (secondary N) is 1. The second-order valence-electron chi connectivity index (χ2n) is 11.0. The Bertz CT molecular complexity index is 513. The van der Waals surface area contributed by atoms with Crippen LogP contribution in [0.4, 0.5) is 4.79 Å². The maximum atomic E-state index is 12.2. The molecule has 1 fully saturated rings. The van der Waals surface area contributed by atoms with Crippen molar-refractivity contribution in [2.45, 2.75) is 112 Å². The predicted octanol–water partition coefficient (Wildman–Crippen LogP) is 5.22. The topological polar surface area (TPSA) is 64.6 Å². The lowest BCUT2D eigenvalue weighted by Crippen LogP contribution is -2.48. The van der Waals surface area contributed by atoms with Crippen LogP contribution in [0.1, 0.15) is 94.4 Å². The van der Waals surface area contributed by atoms with E-state index in [0.29, 0.717) is 6.42 Å². The van der Waals surface area contributed by atoms with Gasteiger partial charge in [0.25, 0.3) is 0 Å². The van der Waals surface area contributed by atoms with Gasteiger partial charge in [-0.3, -0.25) is 4.79 Å². The van der Waals surface area contributed by atoms with Crippen LogP contribution in [0.5, 0.6) is 0 Å². The highest BCUT2D eigenvalue weighted by molar-refractivity contribution is 5.70. The summed E-state index contributed by atoms with van der Waals surface area (Å²) in [7, 11) is 0. The van der Waals surface area contributed by atoms with Crippen molar-refractivity contribution in [3.8, 4) is 0 Å². The average Bonchev–Trinajstić information content (AvgIpc) is 2.29. The molecule has 0 saturated heterocycles. The summed E-state index contributed by atoms with van der Waals surface area (Å²) in [4.78, 5) is 24.3. The number of alkyl carbamates (subject to hydrolysis) is 1. The third kappa shape index (κ3) is 8.91. The molecule has 1 N–H and O–H groups in total. The molecule has 5 heteroatoms. The zero-order chi connectivity index (χ0) is 20.4. The Balaban J connectivity index is 2.70. The highest BCUT2D eigenvalue weighted by Gasteiger charge is 2.42. The highest BCUT2D eigenvalue weighted by Crippen LogP contribution is 2.48. The molecule has 0 bridgehead atoms. The molecule has 0 radical (unpaired) electrons. The van der Waals surface area contributed by atoms with Gasteiger partial charge in [-0.1, -0.05) is 20.8 Å². The standard InChI is InChI=1S/C21H39NO4/c1-18(2,3)25-16(23)10-11-21(9)13-15(12-20(7,8)14-21)22-17(24)26-19(4,5)6/h15H,10-14H2,1-9H3,(H,22,24). The second-order valence-corrected chi connectivity index (χ2v) is 11.0. The lowest BCUT2D eigenvalue weighted by molar-refractivity contribution is -0.155. The fourth-order valence-electron chi connectivity index (χ4n) is 4.20. The van der Waals surface area contributed by atoms with Gasteiger partial charge in [0.2, 0.25) is 0 Å². The number of rotatable bonds is 4. The van der Waals surface area contributed by atoms with E-state index in [1.165, 1.54) is 0 Å². The zero-order valence-electron chi connectivity index (χ0n) is 18.2. The van der Waals surface area contributed by atoms with E-state index in [-0.39, 0.29) is 28.9 Å². The lowest BCUT2D eigenvalue weighted by Gasteiger charge is -2.47. The van der Waals surface area contributed by atoms with E-state index < -0.39 is 11.2 Å². The van der Waals surface area contributed by atoms with Crippen LogP contribution in [0.15, 0.2) is 0 Å². The van der Waals surface area contributed by atoms with E-state index in [1.54, 1.807) is 0 Å². The molecule has 0 aromatic rings. The molecule has 2 unspecified atom stereocenters. The Morgan fingerprint density at radius 1 is 0.962 bits per heavy atom. The van der Waals surface area contributed by atoms with Crippen LogP contribution in [-0.4, -0.2) is 29.3 Å². The van der Waals surface area contributed by atoms with Crippen LogP contribution in [0.2, 0.25) is 0 Å². The van der Waals surface area contributed by atoms with Crippen molar-refractivity contribution in [1.29, 1.82) is 0 Å². The summed E-state index contributed by atoms with van der Waals surface area (Å²) in [6.07, 6.45) is 3.58. The van der Waals surface area contributed by atoms with Crippen molar-refractivity contribution in [2.75, 3.05) is 0 Å². The van der Waals surface area contributed by atoms with E-state index in [1.807, 2.05) is 41.5 Å². The number of carbonyl (C=O) groups excluding carboxylic acids is 2. The van der Waals surface area contributed by atoms with Crippen molar-refractivity contribution < 1.29 is 19.1 Å². The molecular weight excluding hydrogens is 330 g/mol. The van der Waals surface area contributed by atoms with E-state index >= 15 is 0 Å². The minimum atomic E-state index is -0.506. The number of amides is 1. The predicted molar refractivity (Wildman–Crippen MR) is 104 cm³/mol. The van der Waals surface area contributed by atoms with Crippen LogP contribution in [-0.2, 0) is 14.3 Å². The van der Waals surface area contributed by atoms with Gasteiger partial charge in [-0.25, -0.2) is 4.79 Å². The van der Waals surface area contributed by atoms with E-state index in [9.17, 15) is 9.59 Å². The van der Waals surface area contributed by atoms with Crippen LogP contribution >= 0.6 is 0 Å². The highest BCUT2D eigenvalue weighted by atomic mass is 16.6. The first-order chi connectivity index (χ1) is 11.5. The maximum absolute atomic E-state index is 12.2. The molecule has 2 atom stereocenters. The van der Waals surface area contributed by atoms with Gasteiger partial charge >= 0.3 is 12.1 Å². The SMILES string of the molecule is CC1(C)CC(NC(=O)OC(C)(C)C)CC(C)(CCC(=O)OC(C)(C)C)C1. The monoisotopic (exact) mass is 369 g/mol. The molecule has 5 nitrogen and oxygen atoms in total. The number of esters is 1. The molecule has 1 amide bonds. The van der Waals surface area contributed by atoms with E-state index in [0.717, 1.165) is 25.7 Å². The molecule has 0 spiro atoms. The minimum Gasteiger partial charge on any atom is -0.460 e. The number of carbonyl (C=O) groups is 2. The molecule has 0 aromatic heterocycles. The van der Waals surface area contributed by atoms with Gasteiger partial charge in [-0.2, -0.15) is 0 Å². The van der Waals surface area contributed by atoms with Crippen molar-refractivity contribution in [2.24, 2.45) is 10.8 Å². The van der Waals surface area contributed by atoms with Crippen LogP contribution in [0.25, 0.3) is 0 Å². The minimum absolute atomic E-state index is 0.0155. The Hall–Kier alpha value is -1.26. The van der Waals surface area contributed by atoms with Crippen molar-refractivity contribution in [1.82, 2.24) is 5.32 Å². The molecule has 1 aliphatic rings. The molecule has 152 valence electrons. The second kappa shape index (κ2) is 7.77. The van der Waals surface area contributed by atoms with Crippen LogP contribution in [0.3, 0.4) is 0 Å². The normalized spacial score (nSPS) is 26.1. The molecule has 0 heterocycles. The Kier molecular flexibility index (Phi) is 6.81. The Morgan fingerprint density at radius 3 is 2.00 bits per heavy atom. The van der Waals surface area contributed by atoms with Gasteiger partial charge in [0, 0.05) is 12.5 Å². The number of ether oxygens (including phenoxy) is 2. The first kappa shape index (κ1) is 22.8. The fraction of sp³-hybridized carbons (Fsp3) is 0.905. The van der Waals surface area contributed by atoms with Gasteiger partial charge in [0.05, 0.1) is 0 Å². The smallest absolute Gasteiger partial charge is 0.407 e. The molecular formula is C21H39NO4. The molecule has 1 aliphatic carbocycles. The van der Waals surface area contributed by atoms with Crippen LogP contribution in [0, 0.1) is 10.8 Å². The summed E-state index contributed by atoms with van der Waals surface area (Å²) in [6.45, 7) is 17.9. The molecule has 0 aromatic carbocycles. The van der Waals surface area contributed by atoms with Gasteiger partial charge in [-0.15, -0.1) is 0 Å². The molecule has 1 rings (SSSR count). The number of hydrogen-bond acceptors (Lipinski definition) is 4. The van der Waals surface area contributed by atoms with E-state index in [4.69, 9.17) is 9.47 Å². The van der Waals surface area contributed by atoms with Crippen molar-refractivity contribution in [3.63, 3.8) is 0 Å². The Morgan fingerprint density at radius 2 is 1.50 bits per heavy atom. The molecule has 0 aliphatic heterocycles. The lowest BCUT2D eigenvalue weighted by atomic mass is 9.61. The zero-order valence-corrected chi connectivity index (χ0v) is 18.2. The average molecular weight is 370 g/mol. The Labute approximate surface area is 159 Å². The summed E-state index contributed by atoms with van der Waals surface area (Å²) in [5.41, 5.74) is -0.877. The summed E-state index contributed by atoms with van der Waals surface area (Å²) >= 11 is 0.